The molecule has 1 aromatic heterocycles. The molecule has 98 valence electrons. The number of aliphatic hydroxyl groups excluding tert-OH is 1. The molecule has 0 bridgehead atoms. The number of rotatable bonds is 1. The van der Waals surface area contributed by atoms with Gasteiger partial charge >= 0.3 is 0 Å². The van der Waals surface area contributed by atoms with Crippen molar-refractivity contribution < 1.29 is 9.90 Å². The van der Waals surface area contributed by atoms with Crippen LogP contribution in [0.25, 0.3) is 0 Å². The van der Waals surface area contributed by atoms with E-state index in [2.05, 4.69) is 0 Å². The third kappa shape index (κ3) is 1.67. The van der Waals surface area contributed by atoms with Gasteiger partial charge in [-0.1, -0.05) is 0 Å². The largest absolute Gasteiger partial charge is 0.393 e. The summed E-state index contributed by atoms with van der Waals surface area (Å²) >= 11 is 0. The summed E-state index contributed by atoms with van der Waals surface area (Å²) in [6, 6.07) is 3.86. The minimum Gasteiger partial charge on any atom is -0.393 e. The maximum absolute atomic E-state index is 12.4. The highest BCUT2D eigenvalue weighted by molar-refractivity contribution is 5.93. The molecule has 3 atom stereocenters. The van der Waals surface area contributed by atoms with Crippen LogP contribution >= 0.6 is 0 Å². The molecule has 2 heterocycles. The maximum Gasteiger partial charge on any atom is 0.270 e. The highest BCUT2D eigenvalue weighted by Crippen LogP contribution is 2.38. The molecule has 2 aliphatic rings. The third-order valence-electron chi connectivity index (χ3n) is 4.70. The molecule has 1 saturated heterocycles. The van der Waals surface area contributed by atoms with E-state index < -0.39 is 0 Å². The first-order valence-electron chi connectivity index (χ1n) is 6.67. The minimum atomic E-state index is -0.206. The SMILES string of the molecule is Cc1ccc(C(=O)N2CC3CCC(O)C3C2)n1C. The highest BCUT2D eigenvalue weighted by atomic mass is 16.3. The predicted molar refractivity (Wildman–Crippen MR) is 68.3 cm³/mol. The van der Waals surface area contributed by atoms with Gasteiger partial charge < -0.3 is 14.6 Å². The number of amides is 1. The summed E-state index contributed by atoms with van der Waals surface area (Å²) in [5, 5.41) is 9.89. The monoisotopic (exact) mass is 248 g/mol. The molecule has 4 heteroatoms. The van der Waals surface area contributed by atoms with Gasteiger partial charge in [-0.3, -0.25) is 4.79 Å². The van der Waals surface area contributed by atoms with Crippen molar-refractivity contribution in [2.45, 2.75) is 25.9 Å². The minimum absolute atomic E-state index is 0.104. The van der Waals surface area contributed by atoms with E-state index in [0.717, 1.165) is 37.3 Å². The molecule has 3 rings (SSSR count). The van der Waals surface area contributed by atoms with E-state index >= 15 is 0 Å². The van der Waals surface area contributed by atoms with Crippen LogP contribution in [-0.4, -0.2) is 39.7 Å². The lowest BCUT2D eigenvalue weighted by Gasteiger charge is -2.19. The van der Waals surface area contributed by atoms with E-state index in [-0.39, 0.29) is 12.0 Å². The number of aryl methyl sites for hydroxylation is 1. The lowest BCUT2D eigenvalue weighted by molar-refractivity contribution is 0.0743. The number of hydrogen-bond acceptors (Lipinski definition) is 2. The molecular formula is C14H20N2O2. The van der Waals surface area contributed by atoms with Crippen LogP contribution in [0.2, 0.25) is 0 Å². The lowest BCUT2D eigenvalue weighted by Crippen LogP contribution is -2.32. The number of carbonyl (C=O) groups excluding carboxylic acids is 1. The number of aromatic nitrogens is 1. The molecule has 0 radical (unpaired) electrons. The van der Waals surface area contributed by atoms with Crippen molar-refractivity contribution >= 4 is 5.91 Å². The number of carbonyl (C=O) groups is 1. The molecule has 3 unspecified atom stereocenters. The van der Waals surface area contributed by atoms with Crippen LogP contribution in [-0.2, 0) is 7.05 Å². The van der Waals surface area contributed by atoms with Crippen molar-refractivity contribution in [3.63, 3.8) is 0 Å². The molecule has 1 aliphatic heterocycles. The van der Waals surface area contributed by atoms with Crippen molar-refractivity contribution in [2.75, 3.05) is 13.1 Å². The van der Waals surface area contributed by atoms with Crippen LogP contribution in [0, 0.1) is 18.8 Å². The van der Waals surface area contributed by atoms with Crippen molar-refractivity contribution in [3.05, 3.63) is 23.5 Å². The standard InChI is InChI=1S/C14H20N2O2/c1-9-3-5-12(15(9)2)14(18)16-7-10-4-6-13(17)11(10)8-16/h3,5,10-11,13,17H,4,6-8H2,1-2H3. The fraction of sp³-hybridized carbons (Fsp3) is 0.643. The molecule has 1 aliphatic carbocycles. The van der Waals surface area contributed by atoms with Gasteiger partial charge in [0.2, 0.25) is 0 Å². The molecule has 0 spiro atoms. The Hall–Kier alpha value is -1.29. The molecule has 2 fully saturated rings. The quantitative estimate of drug-likeness (QED) is 0.811. The van der Waals surface area contributed by atoms with Crippen LogP contribution in [0.15, 0.2) is 12.1 Å². The second kappa shape index (κ2) is 4.12. The van der Waals surface area contributed by atoms with E-state index in [4.69, 9.17) is 0 Å². The van der Waals surface area contributed by atoms with Crippen LogP contribution in [0.1, 0.15) is 29.0 Å². The Morgan fingerprint density at radius 2 is 2.11 bits per heavy atom. The summed E-state index contributed by atoms with van der Waals surface area (Å²) in [5.74, 6) is 0.910. The molecule has 4 nitrogen and oxygen atoms in total. The van der Waals surface area contributed by atoms with Gasteiger partial charge in [0.15, 0.2) is 0 Å². The van der Waals surface area contributed by atoms with E-state index in [1.807, 2.05) is 35.6 Å². The first-order chi connectivity index (χ1) is 8.58. The Morgan fingerprint density at radius 3 is 2.72 bits per heavy atom. The van der Waals surface area contributed by atoms with E-state index in [1.54, 1.807) is 0 Å². The topological polar surface area (TPSA) is 45.5 Å². The van der Waals surface area contributed by atoms with Gasteiger partial charge in [-0.2, -0.15) is 0 Å². The molecular weight excluding hydrogens is 228 g/mol. The first-order valence-corrected chi connectivity index (χ1v) is 6.67. The van der Waals surface area contributed by atoms with Crippen molar-refractivity contribution in [1.82, 2.24) is 9.47 Å². The summed E-state index contributed by atoms with van der Waals surface area (Å²) < 4.78 is 1.94. The fourth-order valence-electron chi connectivity index (χ4n) is 3.39. The number of aliphatic hydroxyl groups is 1. The lowest BCUT2D eigenvalue weighted by atomic mass is 10.00. The van der Waals surface area contributed by atoms with Gasteiger partial charge in [-0.25, -0.2) is 0 Å². The van der Waals surface area contributed by atoms with Crippen molar-refractivity contribution in [2.24, 2.45) is 18.9 Å². The van der Waals surface area contributed by atoms with E-state index in [9.17, 15) is 9.90 Å². The first kappa shape index (κ1) is 11.8. The van der Waals surface area contributed by atoms with Gasteiger partial charge in [0.1, 0.15) is 5.69 Å². The van der Waals surface area contributed by atoms with Gasteiger partial charge in [-0.05, 0) is 37.8 Å². The van der Waals surface area contributed by atoms with Crippen molar-refractivity contribution in [3.8, 4) is 0 Å². The molecule has 18 heavy (non-hydrogen) atoms. The van der Waals surface area contributed by atoms with Gasteiger partial charge in [-0.15, -0.1) is 0 Å². The summed E-state index contributed by atoms with van der Waals surface area (Å²) in [4.78, 5) is 14.4. The summed E-state index contributed by atoms with van der Waals surface area (Å²) in [5.41, 5.74) is 1.85. The van der Waals surface area contributed by atoms with Gasteiger partial charge in [0, 0.05) is 31.7 Å². The molecule has 1 aromatic rings. The molecule has 1 saturated carbocycles. The Morgan fingerprint density at radius 1 is 1.33 bits per heavy atom. The second-order valence-corrected chi connectivity index (χ2v) is 5.70. The zero-order chi connectivity index (χ0) is 12.9. The smallest absolute Gasteiger partial charge is 0.270 e. The maximum atomic E-state index is 12.4. The Bertz CT molecular complexity index is 480. The van der Waals surface area contributed by atoms with Gasteiger partial charge in [0.25, 0.3) is 5.91 Å². The van der Waals surface area contributed by atoms with E-state index in [1.165, 1.54) is 0 Å². The van der Waals surface area contributed by atoms with Crippen LogP contribution in [0.3, 0.4) is 0 Å². The Labute approximate surface area is 107 Å². The highest BCUT2D eigenvalue weighted by Gasteiger charge is 2.43. The molecule has 0 aromatic carbocycles. The number of nitrogens with zero attached hydrogens (tertiary/aromatic N) is 2. The van der Waals surface area contributed by atoms with Gasteiger partial charge in [0.05, 0.1) is 6.10 Å². The molecule has 1 N–H and O–H groups in total. The normalized spacial score (nSPS) is 30.8. The number of fused-ring (bicyclic) bond motifs is 1. The number of likely N-dealkylation sites (tertiary alicyclic amines) is 1. The third-order valence-corrected chi connectivity index (χ3v) is 4.70. The average Bonchev–Trinajstić information content (AvgIpc) is 2.99. The summed E-state index contributed by atoms with van der Waals surface area (Å²) in [6.07, 6.45) is 1.76. The van der Waals surface area contributed by atoms with E-state index in [0.29, 0.717) is 11.8 Å². The molecule has 1 amide bonds. The average molecular weight is 248 g/mol. The summed E-state index contributed by atoms with van der Waals surface area (Å²) in [7, 11) is 1.92. The van der Waals surface area contributed by atoms with Crippen LogP contribution < -0.4 is 0 Å². The Kier molecular flexibility index (Phi) is 2.70. The van der Waals surface area contributed by atoms with Crippen LogP contribution in [0.5, 0.6) is 0 Å². The second-order valence-electron chi connectivity index (χ2n) is 5.70. The zero-order valence-electron chi connectivity index (χ0n) is 11.0. The summed E-state index contributed by atoms with van der Waals surface area (Å²) in [6.45, 7) is 3.53. The van der Waals surface area contributed by atoms with Crippen LogP contribution in [0.4, 0.5) is 0 Å². The predicted octanol–water partition coefficient (Wildman–Crippen LogP) is 1.18. The number of hydrogen-bond donors (Lipinski definition) is 1. The van der Waals surface area contributed by atoms with Crippen molar-refractivity contribution in [1.29, 1.82) is 0 Å². The zero-order valence-corrected chi connectivity index (χ0v) is 11.0. The fourth-order valence-corrected chi connectivity index (χ4v) is 3.39. The Balaban J connectivity index is 1.77.